The van der Waals surface area contributed by atoms with Crippen LogP contribution in [-0.2, 0) is 5.41 Å². The molecule has 226 valence electrons. The number of nitriles is 1. The Balaban J connectivity index is 1.27. The number of fused-ring (bicyclic) bond motifs is 5. The van der Waals surface area contributed by atoms with Crippen LogP contribution >= 0.6 is 0 Å². The fourth-order valence-electron chi connectivity index (χ4n) is 7.63. The molecule has 1 aliphatic heterocycles. The van der Waals surface area contributed by atoms with Gasteiger partial charge in [-0.05, 0) is 83.8 Å². The number of hydrogen-bond acceptors (Lipinski definition) is 2. The van der Waals surface area contributed by atoms with Crippen molar-refractivity contribution < 1.29 is 4.74 Å². The molecule has 1 aliphatic rings. The molecule has 0 aliphatic carbocycles. The Hall–Kier alpha value is -6.37. The highest BCUT2D eigenvalue weighted by Gasteiger charge is 2.45. The first-order valence-corrected chi connectivity index (χ1v) is 16.2. The SMILES string of the molecule is Cc1ccc(-n2c3ccc(C#N)cc3c3cc(-c4ccc5c(c4)Oc4ccccc4C5(c4ccccc4)c4ccccc4)ccc32)cc1. The Bertz CT molecular complexity index is 2500. The van der Waals surface area contributed by atoms with E-state index in [4.69, 9.17) is 4.74 Å². The van der Waals surface area contributed by atoms with Gasteiger partial charge in [-0.3, -0.25) is 0 Å². The van der Waals surface area contributed by atoms with Crippen LogP contribution in [0.15, 0.2) is 164 Å². The van der Waals surface area contributed by atoms with Crippen molar-refractivity contribution in [2.24, 2.45) is 0 Å². The molecule has 0 atom stereocenters. The van der Waals surface area contributed by atoms with Gasteiger partial charge in [-0.2, -0.15) is 5.26 Å². The lowest BCUT2D eigenvalue weighted by Crippen LogP contribution is -2.34. The van der Waals surface area contributed by atoms with Crippen LogP contribution in [0, 0.1) is 18.3 Å². The first-order valence-electron chi connectivity index (χ1n) is 16.2. The number of rotatable bonds is 4. The molecule has 2 heterocycles. The standard InChI is InChI=1S/C45H30N2O/c1-30-16-21-36(22-17-30)47-41-24-18-31(29-46)26-37(41)38-27-32(20-25-42(38)47)33-19-23-40-44(28-33)48-43-15-9-8-14-39(43)45(40,34-10-4-2-5-11-34)35-12-6-3-7-13-35/h2-28H,1H3. The molecule has 9 rings (SSSR count). The second kappa shape index (κ2) is 10.9. The lowest BCUT2D eigenvalue weighted by molar-refractivity contribution is 0.435. The molecule has 0 spiro atoms. The first-order chi connectivity index (χ1) is 23.6. The normalized spacial score (nSPS) is 13.0. The summed E-state index contributed by atoms with van der Waals surface area (Å²) in [6, 6.07) is 60.1. The summed E-state index contributed by atoms with van der Waals surface area (Å²) in [6.07, 6.45) is 0. The van der Waals surface area contributed by atoms with Gasteiger partial charge >= 0.3 is 0 Å². The highest BCUT2D eigenvalue weighted by molar-refractivity contribution is 6.11. The largest absolute Gasteiger partial charge is 0.457 e. The summed E-state index contributed by atoms with van der Waals surface area (Å²) in [5.41, 5.74) is 11.4. The van der Waals surface area contributed by atoms with Crippen LogP contribution in [0.1, 0.15) is 33.4 Å². The van der Waals surface area contributed by atoms with E-state index in [1.54, 1.807) is 0 Å². The van der Waals surface area contributed by atoms with Crippen molar-refractivity contribution in [2.75, 3.05) is 0 Å². The van der Waals surface area contributed by atoms with Crippen LogP contribution in [0.25, 0.3) is 38.6 Å². The number of nitrogens with zero attached hydrogens (tertiary/aromatic N) is 2. The first kappa shape index (κ1) is 27.9. The molecule has 3 nitrogen and oxygen atoms in total. The number of para-hydroxylation sites is 1. The molecule has 8 aromatic rings. The molecular weight excluding hydrogens is 585 g/mol. The third kappa shape index (κ3) is 4.13. The molecule has 48 heavy (non-hydrogen) atoms. The topological polar surface area (TPSA) is 38.0 Å². The van der Waals surface area contributed by atoms with Crippen LogP contribution in [0.4, 0.5) is 0 Å². The Morgan fingerprint density at radius 1 is 0.542 bits per heavy atom. The zero-order valence-electron chi connectivity index (χ0n) is 26.4. The molecule has 1 aromatic heterocycles. The number of hydrogen-bond donors (Lipinski definition) is 0. The van der Waals surface area contributed by atoms with Crippen molar-refractivity contribution in [3.8, 4) is 34.4 Å². The van der Waals surface area contributed by atoms with Gasteiger partial charge in [-0.15, -0.1) is 0 Å². The number of benzene rings is 7. The second-order valence-corrected chi connectivity index (χ2v) is 12.5. The van der Waals surface area contributed by atoms with Gasteiger partial charge in [-0.25, -0.2) is 0 Å². The molecule has 7 aromatic carbocycles. The molecule has 0 saturated carbocycles. The van der Waals surface area contributed by atoms with E-state index in [-0.39, 0.29) is 0 Å². The number of aryl methyl sites for hydroxylation is 1. The molecule has 0 saturated heterocycles. The van der Waals surface area contributed by atoms with Crippen molar-refractivity contribution in [1.29, 1.82) is 5.26 Å². The van der Waals surface area contributed by atoms with E-state index >= 15 is 0 Å². The van der Waals surface area contributed by atoms with Gasteiger partial charge in [0.25, 0.3) is 0 Å². The molecule has 0 N–H and O–H groups in total. The third-order valence-corrected chi connectivity index (χ3v) is 9.83. The maximum Gasteiger partial charge on any atom is 0.132 e. The quantitative estimate of drug-likeness (QED) is 0.198. The van der Waals surface area contributed by atoms with Crippen molar-refractivity contribution in [1.82, 2.24) is 4.57 Å². The Labute approximate surface area is 279 Å². The Kier molecular flexibility index (Phi) is 6.32. The zero-order chi connectivity index (χ0) is 32.2. The summed E-state index contributed by atoms with van der Waals surface area (Å²) < 4.78 is 9.04. The molecule has 0 bridgehead atoms. The minimum absolute atomic E-state index is 0.551. The van der Waals surface area contributed by atoms with Gasteiger partial charge < -0.3 is 9.30 Å². The molecular formula is C45H30N2O. The van der Waals surface area contributed by atoms with Gasteiger partial charge in [0.05, 0.1) is 28.1 Å². The van der Waals surface area contributed by atoms with Gasteiger partial charge in [-0.1, -0.05) is 115 Å². The number of aromatic nitrogens is 1. The lowest BCUT2D eigenvalue weighted by atomic mass is 9.63. The van der Waals surface area contributed by atoms with E-state index < -0.39 is 5.41 Å². The Morgan fingerprint density at radius 2 is 1.12 bits per heavy atom. The monoisotopic (exact) mass is 614 g/mol. The fraction of sp³-hybridized carbons (Fsp3) is 0.0444. The smallest absolute Gasteiger partial charge is 0.132 e. The van der Waals surface area contributed by atoms with E-state index in [0.29, 0.717) is 5.56 Å². The molecule has 0 unspecified atom stereocenters. The Morgan fingerprint density at radius 3 is 1.83 bits per heavy atom. The minimum atomic E-state index is -0.551. The highest BCUT2D eigenvalue weighted by atomic mass is 16.5. The molecule has 0 fully saturated rings. The summed E-state index contributed by atoms with van der Waals surface area (Å²) in [7, 11) is 0. The summed E-state index contributed by atoms with van der Waals surface area (Å²) in [5.74, 6) is 1.70. The predicted molar refractivity (Wildman–Crippen MR) is 194 cm³/mol. The van der Waals surface area contributed by atoms with Crippen molar-refractivity contribution in [3.63, 3.8) is 0 Å². The van der Waals surface area contributed by atoms with E-state index in [0.717, 1.165) is 61.2 Å². The average molecular weight is 615 g/mol. The van der Waals surface area contributed by atoms with Crippen LogP contribution in [0.3, 0.4) is 0 Å². The van der Waals surface area contributed by atoms with Gasteiger partial charge in [0.15, 0.2) is 0 Å². The van der Waals surface area contributed by atoms with Gasteiger partial charge in [0.1, 0.15) is 11.5 Å². The average Bonchev–Trinajstić information content (AvgIpc) is 3.47. The van der Waals surface area contributed by atoms with Gasteiger partial charge in [0, 0.05) is 27.6 Å². The molecule has 0 amide bonds. The van der Waals surface area contributed by atoms with Crippen LogP contribution in [0.2, 0.25) is 0 Å². The maximum absolute atomic E-state index is 9.77. The van der Waals surface area contributed by atoms with Crippen molar-refractivity contribution in [2.45, 2.75) is 12.3 Å². The van der Waals surface area contributed by atoms with Gasteiger partial charge in [0.2, 0.25) is 0 Å². The van der Waals surface area contributed by atoms with Crippen LogP contribution in [-0.4, -0.2) is 4.57 Å². The maximum atomic E-state index is 9.77. The van der Waals surface area contributed by atoms with Crippen LogP contribution in [0.5, 0.6) is 11.5 Å². The second-order valence-electron chi connectivity index (χ2n) is 12.5. The molecule has 3 heteroatoms. The van der Waals surface area contributed by atoms with E-state index in [2.05, 4.69) is 163 Å². The fourth-order valence-corrected chi connectivity index (χ4v) is 7.63. The predicted octanol–water partition coefficient (Wildman–Crippen LogP) is 11.1. The van der Waals surface area contributed by atoms with Crippen LogP contribution < -0.4 is 4.74 Å². The van der Waals surface area contributed by atoms with Crippen molar-refractivity contribution >= 4 is 21.8 Å². The summed E-state index contributed by atoms with van der Waals surface area (Å²) in [4.78, 5) is 0. The molecule has 0 radical (unpaired) electrons. The van der Waals surface area contributed by atoms with Crippen molar-refractivity contribution in [3.05, 3.63) is 197 Å². The number of ether oxygens (including phenoxy) is 1. The summed E-state index contributed by atoms with van der Waals surface area (Å²) in [6.45, 7) is 2.10. The van der Waals surface area contributed by atoms with E-state index in [9.17, 15) is 5.26 Å². The zero-order valence-corrected chi connectivity index (χ0v) is 26.4. The minimum Gasteiger partial charge on any atom is -0.457 e. The summed E-state index contributed by atoms with van der Waals surface area (Å²) >= 11 is 0. The highest BCUT2D eigenvalue weighted by Crippen LogP contribution is 2.55. The summed E-state index contributed by atoms with van der Waals surface area (Å²) in [5, 5.41) is 11.9. The van der Waals surface area contributed by atoms with E-state index in [1.807, 2.05) is 18.2 Å². The van der Waals surface area contributed by atoms with E-state index in [1.165, 1.54) is 16.7 Å². The third-order valence-electron chi connectivity index (χ3n) is 9.83. The lowest BCUT2D eigenvalue weighted by Gasteiger charge is -2.41.